The van der Waals surface area contributed by atoms with Crippen molar-refractivity contribution in [3.63, 3.8) is 0 Å². The Balaban J connectivity index is 1.65. The molecule has 1 atom stereocenters. The first-order valence-corrected chi connectivity index (χ1v) is 11.3. The van der Waals surface area contributed by atoms with Crippen molar-refractivity contribution in [2.75, 3.05) is 24.5 Å². The molecule has 3 aromatic rings. The first-order chi connectivity index (χ1) is 14.4. The normalized spacial score (nSPS) is 17.4. The van der Waals surface area contributed by atoms with Crippen LogP contribution in [0, 0.1) is 13.8 Å². The van der Waals surface area contributed by atoms with E-state index in [-0.39, 0.29) is 6.04 Å². The minimum Gasteiger partial charge on any atom is -0.361 e. The Kier molecular flexibility index (Phi) is 6.60. The molecule has 0 aromatic heterocycles. The lowest BCUT2D eigenvalue weighted by atomic mass is 9.98. The molecule has 0 aliphatic carbocycles. The van der Waals surface area contributed by atoms with E-state index in [0.29, 0.717) is 10.0 Å². The molecule has 0 N–H and O–H groups in total. The SMILES string of the molecule is Cc1cccc(C)c1CN1CCN(c2ccc(Cl)cc2Cl)C(c2ccc(Cl)cc2)C1. The Labute approximate surface area is 194 Å². The Morgan fingerprint density at radius 3 is 2.17 bits per heavy atom. The Bertz CT molecular complexity index is 1010. The molecule has 1 heterocycles. The largest absolute Gasteiger partial charge is 0.361 e. The molecule has 1 unspecified atom stereocenters. The van der Waals surface area contributed by atoms with Gasteiger partial charge in [-0.15, -0.1) is 0 Å². The van der Waals surface area contributed by atoms with Crippen molar-refractivity contribution in [3.05, 3.63) is 98.0 Å². The fourth-order valence-corrected chi connectivity index (χ4v) is 4.92. The van der Waals surface area contributed by atoms with Crippen LogP contribution in [0.3, 0.4) is 0 Å². The molecule has 0 bridgehead atoms. The topological polar surface area (TPSA) is 6.48 Å². The van der Waals surface area contributed by atoms with Crippen LogP contribution in [0.5, 0.6) is 0 Å². The fourth-order valence-electron chi connectivity index (χ4n) is 4.28. The van der Waals surface area contributed by atoms with Gasteiger partial charge in [0.2, 0.25) is 0 Å². The van der Waals surface area contributed by atoms with Gasteiger partial charge in [0.05, 0.1) is 16.8 Å². The number of nitrogens with zero attached hydrogens (tertiary/aromatic N) is 2. The summed E-state index contributed by atoms with van der Waals surface area (Å²) in [5.74, 6) is 0. The van der Waals surface area contributed by atoms with E-state index in [0.717, 1.165) is 36.9 Å². The van der Waals surface area contributed by atoms with E-state index in [1.807, 2.05) is 30.3 Å². The van der Waals surface area contributed by atoms with Crippen LogP contribution >= 0.6 is 34.8 Å². The molecule has 30 heavy (non-hydrogen) atoms. The second-order valence-corrected chi connectivity index (χ2v) is 9.24. The van der Waals surface area contributed by atoms with Crippen molar-refractivity contribution < 1.29 is 0 Å². The second kappa shape index (κ2) is 9.20. The number of hydrogen-bond donors (Lipinski definition) is 0. The molecular formula is C25H25Cl3N2. The zero-order valence-electron chi connectivity index (χ0n) is 17.2. The third-order valence-corrected chi connectivity index (χ3v) is 6.75. The molecule has 0 radical (unpaired) electrons. The smallest absolute Gasteiger partial charge is 0.0670 e. The van der Waals surface area contributed by atoms with E-state index in [9.17, 15) is 0 Å². The monoisotopic (exact) mass is 458 g/mol. The van der Waals surface area contributed by atoms with Gasteiger partial charge >= 0.3 is 0 Å². The average molecular weight is 460 g/mol. The fraction of sp³-hybridized carbons (Fsp3) is 0.280. The molecule has 2 nitrogen and oxygen atoms in total. The van der Waals surface area contributed by atoms with E-state index in [1.54, 1.807) is 0 Å². The summed E-state index contributed by atoms with van der Waals surface area (Å²) < 4.78 is 0. The maximum atomic E-state index is 6.59. The van der Waals surface area contributed by atoms with Gasteiger partial charge in [-0.3, -0.25) is 4.90 Å². The number of hydrogen-bond acceptors (Lipinski definition) is 2. The summed E-state index contributed by atoms with van der Waals surface area (Å²) in [6.07, 6.45) is 0. The van der Waals surface area contributed by atoms with Crippen molar-refractivity contribution in [3.8, 4) is 0 Å². The highest BCUT2D eigenvalue weighted by atomic mass is 35.5. The van der Waals surface area contributed by atoms with Gasteiger partial charge in [-0.2, -0.15) is 0 Å². The Hall–Kier alpha value is -1.71. The lowest BCUT2D eigenvalue weighted by Crippen LogP contribution is -2.48. The molecule has 156 valence electrons. The van der Waals surface area contributed by atoms with Crippen molar-refractivity contribution in [1.82, 2.24) is 4.90 Å². The number of anilines is 1. The van der Waals surface area contributed by atoms with Crippen molar-refractivity contribution in [2.45, 2.75) is 26.4 Å². The summed E-state index contributed by atoms with van der Waals surface area (Å²) in [4.78, 5) is 4.93. The third-order valence-electron chi connectivity index (χ3n) is 5.96. The number of halogens is 3. The van der Waals surface area contributed by atoms with Crippen LogP contribution in [0.1, 0.15) is 28.3 Å². The van der Waals surface area contributed by atoms with Crippen LogP contribution in [-0.2, 0) is 6.54 Å². The van der Waals surface area contributed by atoms with Crippen molar-refractivity contribution in [2.24, 2.45) is 0 Å². The molecule has 0 spiro atoms. The molecule has 4 rings (SSSR count). The van der Waals surface area contributed by atoms with E-state index in [1.165, 1.54) is 22.3 Å². The summed E-state index contributed by atoms with van der Waals surface area (Å²) in [6, 6.07) is 20.6. The molecule has 1 saturated heterocycles. The van der Waals surface area contributed by atoms with Crippen LogP contribution in [0.25, 0.3) is 0 Å². The van der Waals surface area contributed by atoms with Gasteiger partial charge in [0, 0.05) is 36.2 Å². The minimum atomic E-state index is 0.180. The van der Waals surface area contributed by atoms with Crippen LogP contribution in [0.15, 0.2) is 60.7 Å². The Morgan fingerprint density at radius 2 is 1.50 bits per heavy atom. The lowest BCUT2D eigenvalue weighted by molar-refractivity contribution is 0.215. The van der Waals surface area contributed by atoms with Crippen LogP contribution in [-0.4, -0.2) is 24.5 Å². The third kappa shape index (κ3) is 4.63. The molecule has 0 amide bonds. The van der Waals surface area contributed by atoms with E-state index < -0.39 is 0 Å². The molecule has 1 fully saturated rings. The molecule has 1 aliphatic heterocycles. The standard InChI is InChI=1S/C25H25Cl3N2/c1-17-4-3-5-18(2)22(17)15-29-12-13-30(24-11-10-21(27)14-23(24)28)25(16-29)19-6-8-20(26)9-7-19/h3-11,14,25H,12-13,15-16H2,1-2H3. The highest BCUT2D eigenvalue weighted by Gasteiger charge is 2.30. The summed E-state index contributed by atoms with van der Waals surface area (Å²) in [5, 5.41) is 2.09. The van der Waals surface area contributed by atoms with Crippen LogP contribution < -0.4 is 4.90 Å². The first-order valence-electron chi connectivity index (χ1n) is 10.2. The number of benzene rings is 3. The predicted molar refractivity (Wildman–Crippen MR) is 129 cm³/mol. The van der Waals surface area contributed by atoms with Gasteiger partial charge < -0.3 is 4.90 Å². The molecule has 5 heteroatoms. The van der Waals surface area contributed by atoms with E-state index in [4.69, 9.17) is 34.8 Å². The number of piperazine rings is 1. The second-order valence-electron chi connectivity index (χ2n) is 7.96. The van der Waals surface area contributed by atoms with Gasteiger partial charge in [-0.05, 0) is 66.4 Å². The van der Waals surface area contributed by atoms with Gasteiger partial charge in [0.15, 0.2) is 0 Å². The summed E-state index contributed by atoms with van der Waals surface area (Å²) >= 11 is 18.9. The summed E-state index contributed by atoms with van der Waals surface area (Å²) in [5.41, 5.74) is 6.37. The molecule has 0 saturated carbocycles. The van der Waals surface area contributed by atoms with Gasteiger partial charge in [0.25, 0.3) is 0 Å². The maximum absolute atomic E-state index is 6.59. The van der Waals surface area contributed by atoms with Crippen LogP contribution in [0.4, 0.5) is 5.69 Å². The highest BCUT2D eigenvalue weighted by Crippen LogP contribution is 2.37. The number of rotatable bonds is 4. The first kappa shape index (κ1) is 21.5. The molecule has 1 aliphatic rings. The van der Waals surface area contributed by atoms with Gasteiger partial charge in [-0.25, -0.2) is 0 Å². The van der Waals surface area contributed by atoms with E-state index >= 15 is 0 Å². The Morgan fingerprint density at radius 1 is 0.833 bits per heavy atom. The predicted octanol–water partition coefficient (Wildman–Crippen LogP) is 7.33. The lowest BCUT2D eigenvalue weighted by Gasteiger charge is -2.43. The summed E-state index contributed by atoms with van der Waals surface area (Å²) in [7, 11) is 0. The van der Waals surface area contributed by atoms with Crippen LogP contribution in [0.2, 0.25) is 15.1 Å². The van der Waals surface area contributed by atoms with Gasteiger partial charge in [-0.1, -0.05) is 65.1 Å². The van der Waals surface area contributed by atoms with Crippen molar-refractivity contribution in [1.29, 1.82) is 0 Å². The van der Waals surface area contributed by atoms with Gasteiger partial charge in [0.1, 0.15) is 0 Å². The zero-order chi connectivity index (χ0) is 21.3. The van der Waals surface area contributed by atoms with Crippen molar-refractivity contribution >= 4 is 40.5 Å². The maximum Gasteiger partial charge on any atom is 0.0670 e. The quantitative estimate of drug-likeness (QED) is 0.403. The average Bonchev–Trinajstić information content (AvgIpc) is 2.72. The molecular weight excluding hydrogens is 435 g/mol. The van der Waals surface area contributed by atoms with E-state index in [2.05, 4.69) is 54.0 Å². The zero-order valence-corrected chi connectivity index (χ0v) is 19.5. The summed E-state index contributed by atoms with van der Waals surface area (Å²) in [6.45, 7) is 8.11. The molecule has 3 aromatic carbocycles. The highest BCUT2D eigenvalue weighted by molar-refractivity contribution is 6.36. The number of aryl methyl sites for hydroxylation is 2. The minimum absolute atomic E-state index is 0.180.